The molecule has 0 radical (unpaired) electrons. The van der Waals surface area contributed by atoms with Crippen LogP contribution in [0.25, 0.3) is 11.1 Å². The first-order chi connectivity index (χ1) is 15.8. The zero-order valence-corrected chi connectivity index (χ0v) is 19.6. The summed E-state index contributed by atoms with van der Waals surface area (Å²) in [5, 5.41) is 0. The fourth-order valence-corrected chi connectivity index (χ4v) is 9.99. The molecule has 2 aromatic carbocycles. The molecule has 0 saturated heterocycles. The Labute approximate surface area is 194 Å². The van der Waals surface area contributed by atoms with Gasteiger partial charge in [-0.2, -0.15) is 0 Å². The number of rotatable bonds is 2. The van der Waals surface area contributed by atoms with Crippen LogP contribution in [-0.4, -0.2) is 0 Å². The SMILES string of the molecule is c1cc2c(cc1C1CC3CCC1C3)C1(CCCCC1)c1cc(C3CC4CCC3C4)ccc1-2. The van der Waals surface area contributed by atoms with E-state index in [0.717, 1.165) is 35.5 Å². The second kappa shape index (κ2) is 6.74. The Balaban J connectivity index is 1.23. The summed E-state index contributed by atoms with van der Waals surface area (Å²) in [5.74, 6) is 5.73. The maximum Gasteiger partial charge on any atom is 0.0215 e. The van der Waals surface area contributed by atoms with Crippen molar-refractivity contribution < 1.29 is 0 Å². The highest BCUT2D eigenvalue weighted by atomic mass is 14.5. The zero-order valence-electron chi connectivity index (χ0n) is 19.6. The van der Waals surface area contributed by atoms with Crippen LogP contribution >= 0.6 is 0 Å². The third-order valence-corrected chi connectivity index (χ3v) is 11.4. The number of hydrogen-bond donors (Lipinski definition) is 0. The molecule has 8 rings (SSSR count). The molecule has 5 saturated carbocycles. The van der Waals surface area contributed by atoms with E-state index in [2.05, 4.69) is 36.4 Å². The Morgan fingerprint density at radius 2 is 1.09 bits per heavy atom. The average molecular weight is 423 g/mol. The third-order valence-electron chi connectivity index (χ3n) is 11.4. The van der Waals surface area contributed by atoms with Gasteiger partial charge in [0.05, 0.1) is 0 Å². The molecule has 166 valence electrons. The number of fused-ring (bicyclic) bond motifs is 9. The second-order valence-corrected chi connectivity index (χ2v) is 12.8. The number of hydrogen-bond acceptors (Lipinski definition) is 0. The molecular weight excluding hydrogens is 384 g/mol. The summed E-state index contributed by atoms with van der Waals surface area (Å²) in [6.07, 6.45) is 19.0. The van der Waals surface area contributed by atoms with Gasteiger partial charge in [-0.05, 0) is 120 Å². The van der Waals surface area contributed by atoms with E-state index < -0.39 is 0 Å². The Hall–Kier alpha value is -1.56. The van der Waals surface area contributed by atoms with Crippen molar-refractivity contribution in [3.8, 4) is 11.1 Å². The molecule has 32 heavy (non-hydrogen) atoms. The normalized spacial score (nSPS) is 37.9. The van der Waals surface area contributed by atoms with Crippen LogP contribution in [-0.2, 0) is 5.41 Å². The molecule has 5 fully saturated rings. The molecule has 0 aromatic heterocycles. The van der Waals surface area contributed by atoms with Crippen LogP contribution in [0.1, 0.15) is 118 Å². The molecule has 4 bridgehead atoms. The standard InChI is InChI=1S/C32H38/c1-2-12-32(13-3-1)30-18-24(28-16-20-4-6-22(28)14-20)8-10-26(30)27-11-9-25(19-31(27)32)29-17-21-5-7-23(29)15-21/h8-11,18-23,28-29H,1-7,12-17H2. The summed E-state index contributed by atoms with van der Waals surface area (Å²) in [7, 11) is 0. The molecular formula is C32H38. The topological polar surface area (TPSA) is 0 Å². The summed E-state index contributed by atoms with van der Waals surface area (Å²) in [6, 6.07) is 15.7. The van der Waals surface area contributed by atoms with Crippen molar-refractivity contribution in [3.63, 3.8) is 0 Å². The van der Waals surface area contributed by atoms with E-state index in [1.54, 1.807) is 33.4 Å². The van der Waals surface area contributed by atoms with Crippen molar-refractivity contribution in [2.24, 2.45) is 23.7 Å². The molecule has 6 aliphatic rings. The summed E-state index contributed by atoms with van der Waals surface area (Å²) in [4.78, 5) is 0. The van der Waals surface area contributed by atoms with Crippen LogP contribution in [0.3, 0.4) is 0 Å². The zero-order chi connectivity index (χ0) is 20.9. The first kappa shape index (κ1) is 18.8. The van der Waals surface area contributed by atoms with E-state index >= 15 is 0 Å². The lowest BCUT2D eigenvalue weighted by Crippen LogP contribution is -2.28. The van der Waals surface area contributed by atoms with Gasteiger partial charge in [-0.1, -0.05) is 68.5 Å². The lowest BCUT2D eigenvalue weighted by atomic mass is 9.66. The van der Waals surface area contributed by atoms with Gasteiger partial charge in [0.2, 0.25) is 0 Å². The van der Waals surface area contributed by atoms with Gasteiger partial charge in [-0.3, -0.25) is 0 Å². The molecule has 2 aromatic rings. The summed E-state index contributed by atoms with van der Waals surface area (Å²) in [5.41, 5.74) is 10.4. The van der Waals surface area contributed by atoms with Crippen LogP contribution in [0.15, 0.2) is 36.4 Å². The minimum atomic E-state index is 0.324. The van der Waals surface area contributed by atoms with Crippen LogP contribution in [0, 0.1) is 23.7 Å². The van der Waals surface area contributed by atoms with Crippen LogP contribution < -0.4 is 0 Å². The molecule has 1 spiro atoms. The monoisotopic (exact) mass is 422 g/mol. The number of benzene rings is 2. The van der Waals surface area contributed by atoms with Crippen LogP contribution in [0.2, 0.25) is 0 Å². The lowest BCUT2D eigenvalue weighted by Gasteiger charge is -2.37. The molecule has 6 unspecified atom stereocenters. The van der Waals surface area contributed by atoms with Gasteiger partial charge in [-0.15, -0.1) is 0 Å². The molecule has 0 aliphatic heterocycles. The Bertz CT molecular complexity index is 990. The molecule has 0 heteroatoms. The Kier molecular flexibility index (Phi) is 3.96. The van der Waals surface area contributed by atoms with Crippen molar-refractivity contribution in [2.75, 3.05) is 0 Å². The second-order valence-electron chi connectivity index (χ2n) is 12.8. The van der Waals surface area contributed by atoms with Gasteiger partial charge in [-0.25, -0.2) is 0 Å². The summed E-state index contributed by atoms with van der Waals surface area (Å²) < 4.78 is 0. The van der Waals surface area contributed by atoms with Gasteiger partial charge >= 0.3 is 0 Å². The highest BCUT2D eigenvalue weighted by molar-refractivity contribution is 5.82. The summed E-state index contributed by atoms with van der Waals surface area (Å²) >= 11 is 0. The predicted octanol–water partition coefficient (Wildman–Crippen LogP) is 8.72. The molecule has 6 aliphatic carbocycles. The Morgan fingerprint density at radius 3 is 1.53 bits per heavy atom. The molecule has 0 N–H and O–H groups in total. The quantitative estimate of drug-likeness (QED) is 0.454. The van der Waals surface area contributed by atoms with E-state index in [9.17, 15) is 0 Å². The van der Waals surface area contributed by atoms with Gasteiger partial charge in [0.15, 0.2) is 0 Å². The van der Waals surface area contributed by atoms with E-state index in [1.165, 1.54) is 83.5 Å². The molecule has 0 amide bonds. The lowest BCUT2D eigenvalue weighted by molar-refractivity contribution is 0.351. The average Bonchev–Trinajstić information content (AvgIpc) is 3.67. The van der Waals surface area contributed by atoms with E-state index in [0.29, 0.717) is 5.41 Å². The fraction of sp³-hybridized carbons (Fsp3) is 0.625. The Morgan fingerprint density at radius 1 is 0.562 bits per heavy atom. The van der Waals surface area contributed by atoms with E-state index in [4.69, 9.17) is 0 Å². The van der Waals surface area contributed by atoms with Crippen LogP contribution in [0.4, 0.5) is 0 Å². The molecule has 0 heterocycles. The van der Waals surface area contributed by atoms with Gasteiger partial charge < -0.3 is 0 Å². The first-order valence-corrected chi connectivity index (χ1v) is 14.1. The van der Waals surface area contributed by atoms with E-state index in [-0.39, 0.29) is 0 Å². The fourth-order valence-electron chi connectivity index (χ4n) is 9.99. The summed E-state index contributed by atoms with van der Waals surface area (Å²) in [6.45, 7) is 0. The maximum atomic E-state index is 2.74. The highest BCUT2D eigenvalue weighted by Crippen LogP contribution is 2.60. The first-order valence-electron chi connectivity index (χ1n) is 14.1. The minimum Gasteiger partial charge on any atom is -0.0581 e. The maximum absolute atomic E-state index is 2.74. The van der Waals surface area contributed by atoms with Crippen molar-refractivity contribution in [2.45, 2.75) is 101 Å². The van der Waals surface area contributed by atoms with Gasteiger partial charge in [0, 0.05) is 5.41 Å². The largest absolute Gasteiger partial charge is 0.0581 e. The third kappa shape index (κ3) is 2.51. The van der Waals surface area contributed by atoms with Crippen molar-refractivity contribution >= 4 is 0 Å². The van der Waals surface area contributed by atoms with Gasteiger partial charge in [0.1, 0.15) is 0 Å². The minimum absolute atomic E-state index is 0.324. The van der Waals surface area contributed by atoms with Gasteiger partial charge in [0.25, 0.3) is 0 Å². The van der Waals surface area contributed by atoms with Crippen molar-refractivity contribution in [1.29, 1.82) is 0 Å². The van der Waals surface area contributed by atoms with Crippen molar-refractivity contribution in [3.05, 3.63) is 58.7 Å². The molecule has 6 atom stereocenters. The van der Waals surface area contributed by atoms with E-state index in [1.807, 2.05) is 0 Å². The predicted molar refractivity (Wildman–Crippen MR) is 132 cm³/mol. The highest BCUT2D eigenvalue weighted by Gasteiger charge is 2.47. The molecule has 0 nitrogen and oxygen atoms in total. The smallest absolute Gasteiger partial charge is 0.0215 e. The van der Waals surface area contributed by atoms with Crippen molar-refractivity contribution in [1.82, 2.24) is 0 Å². The van der Waals surface area contributed by atoms with Crippen LogP contribution in [0.5, 0.6) is 0 Å².